The number of methoxy groups -OCH3 is 1. The second-order valence-corrected chi connectivity index (χ2v) is 5.24. The third-order valence-electron chi connectivity index (χ3n) is 3.65. The predicted molar refractivity (Wildman–Crippen MR) is 81.6 cm³/mol. The van der Waals surface area contributed by atoms with Crippen LogP contribution in [0.5, 0.6) is 5.88 Å². The monoisotopic (exact) mass is 351 g/mol. The van der Waals surface area contributed by atoms with Crippen molar-refractivity contribution in [1.82, 2.24) is 14.5 Å². The van der Waals surface area contributed by atoms with Gasteiger partial charge in [-0.1, -0.05) is 0 Å². The molecule has 0 fully saturated rings. The van der Waals surface area contributed by atoms with Gasteiger partial charge in [0.15, 0.2) is 0 Å². The van der Waals surface area contributed by atoms with E-state index >= 15 is 0 Å². The van der Waals surface area contributed by atoms with Crippen LogP contribution in [0, 0.1) is 0 Å². The fourth-order valence-corrected chi connectivity index (χ4v) is 2.54. The maximum atomic E-state index is 12.9. The van der Waals surface area contributed by atoms with Gasteiger partial charge in [0.1, 0.15) is 11.1 Å². The minimum atomic E-state index is -4.54. The molecule has 9 heteroatoms. The van der Waals surface area contributed by atoms with Gasteiger partial charge in [-0.05, 0) is 18.2 Å². The topological polar surface area (TPSA) is 77.2 Å². The summed E-state index contributed by atoms with van der Waals surface area (Å²) in [6.45, 7) is -0.0461. The molecule has 3 heterocycles. The summed E-state index contributed by atoms with van der Waals surface area (Å²) in [7, 11) is 1.30. The summed E-state index contributed by atoms with van der Waals surface area (Å²) in [6, 6.07) is 4.20. The zero-order chi connectivity index (χ0) is 18.2. The molecule has 0 bridgehead atoms. The Morgan fingerprint density at radius 3 is 2.76 bits per heavy atom. The van der Waals surface area contributed by atoms with E-state index in [1.165, 1.54) is 24.1 Å². The van der Waals surface area contributed by atoms with Crippen LogP contribution in [-0.4, -0.2) is 32.7 Å². The Morgan fingerprint density at radius 2 is 2.12 bits per heavy atom. The summed E-state index contributed by atoms with van der Waals surface area (Å²) in [4.78, 5) is 19.1. The molecule has 0 saturated carbocycles. The summed E-state index contributed by atoms with van der Waals surface area (Å²) in [5.74, 6) is -1.13. The molecule has 0 aliphatic carbocycles. The quantitative estimate of drug-likeness (QED) is 0.781. The number of carboxylic acid groups (broad SMARTS) is 1. The van der Waals surface area contributed by atoms with Gasteiger partial charge < -0.3 is 14.4 Å². The molecule has 130 valence electrons. The second-order valence-electron chi connectivity index (χ2n) is 5.24. The first-order valence-corrected chi connectivity index (χ1v) is 7.08. The predicted octanol–water partition coefficient (Wildman–Crippen LogP) is 3.21. The highest BCUT2D eigenvalue weighted by atomic mass is 19.4. The van der Waals surface area contributed by atoms with Crippen LogP contribution in [-0.2, 0) is 12.7 Å². The van der Waals surface area contributed by atoms with Gasteiger partial charge in [0, 0.05) is 24.2 Å². The summed E-state index contributed by atoms with van der Waals surface area (Å²) in [5, 5.41) is 9.27. The van der Waals surface area contributed by atoms with Gasteiger partial charge in [0.25, 0.3) is 0 Å². The number of alkyl halides is 3. The molecule has 0 atom stereocenters. The maximum absolute atomic E-state index is 12.9. The standard InChI is InChI=1S/C16H12F3N3O3/c1-25-14-9(5-10(6-21-14)16(17,18)19)7-22-8-11(15(23)24)13-12(22)3-2-4-20-13/h2-6,8H,7H2,1H3,(H,23,24). The van der Waals surface area contributed by atoms with Gasteiger partial charge >= 0.3 is 12.1 Å². The number of aromatic nitrogens is 3. The van der Waals surface area contributed by atoms with Crippen LogP contribution in [0.15, 0.2) is 36.8 Å². The molecule has 25 heavy (non-hydrogen) atoms. The van der Waals surface area contributed by atoms with Gasteiger partial charge in [-0.3, -0.25) is 4.98 Å². The molecule has 0 aliphatic heterocycles. The number of carboxylic acids is 1. The van der Waals surface area contributed by atoms with Crippen molar-refractivity contribution < 1.29 is 27.8 Å². The second kappa shape index (κ2) is 6.08. The van der Waals surface area contributed by atoms with Crippen molar-refractivity contribution in [1.29, 1.82) is 0 Å². The van der Waals surface area contributed by atoms with E-state index in [0.717, 1.165) is 6.07 Å². The number of carbonyl (C=O) groups is 1. The van der Waals surface area contributed by atoms with Gasteiger partial charge in [0.2, 0.25) is 5.88 Å². The molecule has 6 nitrogen and oxygen atoms in total. The molecule has 0 spiro atoms. The molecule has 0 amide bonds. The van der Waals surface area contributed by atoms with Crippen LogP contribution < -0.4 is 4.74 Å². The van der Waals surface area contributed by atoms with Crippen LogP contribution in [0.25, 0.3) is 11.0 Å². The van der Waals surface area contributed by atoms with Crippen molar-refractivity contribution in [3.8, 4) is 5.88 Å². The molecule has 0 radical (unpaired) electrons. The highest BCUT2D eigenvalue weighted by Gasteiger charge is 2.32. The number of ether oxygens (including phenoxy) is 1. The zero-order valence-corrected chi connectivity index (χ0v) is 12.9. The first kappa shape index (κ1) is 16.7. The number of rotatable bonds is 4. The fourth-order valence-electron chi connectivity index (χ4n) is 2.54. The molecule has 0 unspecified atom stereocenters. The Bertz CT molecular complexity index is 951. The largest absolute Gasteiger partial charge is 0.481 e. The van der Waals surface area contributed by atoms with Crippen LogP contribution in [0.4, 0.5) is 13.2 Å². The number of fused-ring (bicyclic) bond motifs is 1. The zero-order valence-electron chi connectivity index (χ0n) is 12.9. The lowest BCUT2D eigenvalue weighted by Crippen LogP contribution is -2.09. The van der Waals surface area contributed by atoms with Gasteiger partial charge in [-0.2, -0.15) is 13.2 Å². The minimum Gasteiger partial charge on any atom is -0.481 e. The molecular formula is C16H12F3N3O3. The summed E-state index contributed by atoms with van der Waals surface area (Å²) >= 11 is 0. The van der Waals surface area contributed by atoms with E-state index in [-0.39, 0.29) is 29.1 Å². The lowest BCUT2D eigenvalue weighted by molar-refractivity contribution is -0.137. The highest BCUT2D eigenvalue weighted by molar-refractivity contribution is 6.01. The number of aromatic carboxylic acids is 1. The van der Waals surface area contributed by atoms with E-state index in [4.69, 9.17) is 4.74 Å². The lowest BCUT2D eigenvalue weighted by Gasteiger charge is -2.13. The van der Waals surface area contributed by atoms with E-state index in [0.29, 0.717) is 11.7 Å². The normalized spacial score (nSPS) is 11.7. The first-order valence-electron chi connectivity index (χ1n) is 7.08. The van der Waals surface area contributed by atoms with Crippen molar-refractivity contribution in [2.24, 2.45) is 0 Å². The third-order valence-corrected chi connectivity index (χ3v) is 3.65. The van der Waals surface area contributed by atoms with Crippen molar-refractivity contribution in [3.63, 3.8) is 0 Å². The molecular weight excluding hydrogens is 339 g/mol. The van der Waals surface area contributed by atoms with E-state index in [1.807, 2.05) is 0 Å². The first-order chi connectivity index (χ1) is 11.8. The third kappa shape index (κ3) is 3.12. The summed E-state index contributed by atoms with van der Waals surface area (Å²) in [5.41, 5.74) is -0.0193. The van der Waals surface area contributed by atoms with Crippen LogP contribution in [0.3, 0.4) is 0 Å². The number of pyridine rings is 2. The van der Waals surface area contributed by atoms with Crippen LogP contribution in [0.1, 0.15) is 21.5 Å². The summed E-state index contributed by atoms with van der Waals surface area (Å²) < 4.78 is 45.3. The van der Waals surface area contributed by atoms with Crippen molar-refractivity contribution in [2.45, 2.75) is 12.7 Å². The van der Waals surface area contributed by atoms with Gasteiger partial charge in [-0.15, -0.1) is 0 Å². The Hall–Kier alpha value is -3.10. The van der Waals surface area contributed by atoms with E-state index < -0.39 is 17.7 Å². The molecule has 3 aromatic rings. The van der Waals surface area contributed by atoms with E-state index in [2.05, 4.69) is 9.97 Å². The van der Waals surface area contributed by atoms with Gasteiger partial charge in [-0.25, -0.2) is 9.78 Å². The van der Waals surface area contributed by atoms with E-state index in [9.17, 15) is 23.1 Å². The molecule has 1 N–H and O–H groups in total. The summed E-state index contributed by atoms with van der Waals surface area (Å²) in [6.07, 6.45) is -1.06. The van der Waals surface area contributed by atoms with Gasteiger partial charge in [0.05, 0.1) is 24.7 Å². The fraction of sp³-hybridized carbons (Fsp3) is 0.188. The van der Waals surface area contributed by atoms with Crippen molar-refractivity contribution in [2.75, 3.05) is 7.11 Å². The smallest absolute Gasteiger partial charge is 0.417 e. The average Bonchev–Trinajstić information content (AvgIpc) is 2.93. The van der Waals surface area contributed by atoms with Crippen molar-refractivity contribution >= 4 is 17.0 Å². The number of halogens is 3. The van der Waals surface area contributed by atoms with Crippen LogP contribution in [0.2, 0.25) is 0 Å². The molecule has 3 aromatic heterocycles. The Morgan fingerprint density at radius 1 is 1.36 bits per heavy atom. The van der Waals surface area contributed by atoms with Crippen molar-refractivity contribution in [3.05, 3.63) is 53.5 Å². The Balaban J connectivity index is 2.11. The SMILES string of the molecule is COc1ncc(C(F)(F)F)cc1Cn1cc(C(=O)O)c2ncccc21. The Labute approximate surface area is 139 Å². The van der Waals surface area contributed by atoms with Crippen LogP contribution >= 0.6 is 0 Å². The molecule has 0 aliphatic rings. The maximum Gasteiger partial charge on any atom is 0.417 e. The number of hydrogen-bond acceptors (Lipinski definition) is 4. The lowest BCUT2D eigenvalue weighted by atomic mass is 10.2. The molecule has 0 saturated heterocycles. The van der Waals surface area contributed by atoms with E-state index in [1.54, 1.807) is 12.1 Å². The Kier molecular flexibility index (Phi) is 4.07. The molecule has 3 rings (SSSR count). The highest BCUT2D eigenvalue weighted by Crippen LogP contribution is 2.32. The molecule has 0 aromatic carbocycles. The number of hydrogen-bond donors (Lipinski definition) is 1. The average molecular weight is 351 g/mol. The minimum absolute atomic E-state index is 0.0329. The number of nitrogens with zero attached hydrogens (tertiary/aromatic N) is 3.